The fourth-order valence-corrected chi connectivity index (χ4v) is 2.73. The number of thiophene rings is 1. The Morgan fingerprint density at radius 1 is 1.32 bits per heavy atom. The van der Waals surface area contributed by atoms with E-state index in [1.807, 2.05) is 36.6 Å². The molecule has 2 amide bonds. The maximum absolute atomic E-state index is 12.0. The summed E-state index contributed by atoms with van der Waals surface area (Å²) in [4.78, 5) is 12.8. The number of aliphatic hydroxyl groups is 1. The highest BCUT2D eigenvalue weighted by molar-refractivity contribution is 7.10. The van der Waals surface area contributed by atoms with Gasteiger partial charge < -0.3 is 20.5 Å². The van der Waals surface area contributed by atoms with Crippen LogP contribution < -0.4 is 15.4 Å². The molecule has 0 aliphatic rings. The Bertz CT molecular complexity index is 612. The maximum atomic E-state index is 12.0. The number of carbonyl (C=O) groups is 1. The second kappa shape index (κ2) is 7.29. The summed E-state index contributed by atoms with van der Waals surface area (Å²) >= 11 is 1.45. The Labute approximate surface area is 133 Å². The third kappa shape index (κ3) is 4.22. The van der Waals surface area contributed by atoms with Gasteiger partial charge in [-0.25, -0.2) is 4.79 Å². The minimum Gasteiger partial charge on any atom is -0.492 e. The molecule has 0 bridgehead atoms. The van der Waals surface area contributed by atoms with E-state index < -0.39 is 5.60 Å². The Morgan fingerprint density at radius 3 is 2.77 bits per heavy atom. The normalized spacial score (nSPS) is 13.2. The van der Waals surface area contributed by atoms with Crippen molar-refractivity contribution in [1.82, 2.24) is 5.32 Å². The van der Waals surface area contributed by atoms with E-state index in [-0.39, 0.29) is 12.6 Å². The number of hydrogen-bond acceptors (Lipinski definition) is 4. The van der Waals surface area contributed by atoms with Crippen LogP contribution >= 0.6 is 11.3 Å². The number of para-hydroxylation sites is 2. The smallest absolute Gasteiger partial charge is 0.319 e. The second-order valence-corrected chi connectivity index (χ2v) is 5.94. The van der Waals surface area contributed by atoms with Crippen molar-refractivity contribution in [3.05, 3.63) is 46.7 Å². The molecule has 22 heavy (non-hydrogen) atoms. The number of anilines is 1. The number of amides is 2. The van der Waals surface area contributed by atoms with Crippen LogP contribution in [-0.2, 0) is 5.60 Å². The number of rotatable bonds is 6. The van der Waals surface area contributed by atoms with E-state index in [1.165, 1.54) is 11.3 Å². The molecule has 0 spiro atoms. The van der Waals surface area contributed by atoms with Crippen LogP contribution in [0.5, 0.6) is 5.75 Å². The second-order valence-electron chi connectivity index (χ2n) is 4.99. The standard InChI is InChI=1S/C16H20N2O3S/c1-3-21-13-8-5-4-7-12(13)18-15(19)17-11-16(2,20)14-9-6-10-22-14/h4-10,20H,3,11H2,1-2H3,(H2,17,18,19). The molecule has 6 heteroatoms. The van der Waals surface area contributed by atoms with Crippen LogP contribution in [0, 0.1) is 0 Å². The molecule has 118 valence electrons. The third-order valence-corrected chi connectivity index (χ3v) is 4.20. The summed E-state index contributed by atoms with van der Waals surface area (Å²) in [6, 6.07) is 10.5. The highest BCUT2D eigenvalue weighted by atomic mass is 32.1. The van der Waals surface area contributed by atoms with Gasteiger partial charge in [-0.3, -0.25) is 0 Å². The molecule has 1 aromatic heterocycles. The molecule has 0 aliphatic heterocycles. The first-order chi connectivity index (χ1) is 10.5. The first-order valence-corrected chi connectivity index (χ1v) is 7.94. The largest absolute Gasteiger partial charge is 0.492 e. The van der Waals surface area contributed by atoms with E-state index in [9.17, 15) is 9.90 Å². The summed E-state index contributed by atoms with van der Waals surface area (Å²) in [5.41, 5.74) is -0.497. The van der Waals surface area contributed by atoms with E-state index >= 15 is 0 Å². The number of hydrogen-bond donors (Lipinski definition) is 3. The van der Waals surface area contributed by atoms with Crippen LogP contribution in [0.1, 0.15) is 18.7 Å². The molecule has 5 nitrogen and oxygen atoms in total. The van der Waals surface area contributed by atoms with Crippen LogP contribution in [0.3, 0.4) is 0 Å². The van der Waals surface area contributed by atoms with E-state index in [0.29, 0.717) is 18.0 Å². The van der Waals surface area contributed by atoms with Gasteiger partial charge in [-0.05, 0) is 37.4 Å². The molecule has 1 unspecified atom stereocenters. The third-order valence-electron chi connectivity index (χ3n) is 3.08. The molecule has 2 aromatic rings. The zero-order chi connectivity index (χ0) is 16.0. The van der Waals surface area contributed by atoms with Gasteiger partial charge in [-0.2, -0.15) is 0 Å². The van der Waals surface area contributed by atoms with Crippen LogP contribution in [0.4, 0.5) is 10.5 Å². The fourth-order valence-electron chi connectivity index (χ4n) is 1.94. The molecular formula is C16H20N2O3S. The van der Waals surface area contributed by atoms with Gasteiger partial charge in [0.2, 0.25) is 0 Å². The number of carbonyl (C=O) groups excluding carboxylic acids is 1. The zero-order valence-electron chi connectivity index (χ0n) is 12.6. The molecule has 1 aromatic carbocycles. The van der Waals surface area contributed by atoms with Crippen molar-refractivity contribution < 1.29 is 14.6 Å². The monoisotopic (exact) mass is 320 g/mol. The van der Waals surface area contributed by atoms with Gasteiger partial charge in [-0.15, -0.1) is 11.3 Å². The Hall–Kier alpha value is -2.05. The molecule has 2 rings (SSSR count). The van der Waals surface area contributed by atoms with Crippen molar-refractivity contribution in [3.8, 4) is 5.75 Å². The van der Waals surface area contributed by atoms with Crippen LogP contribution in [0.25, 0.3) is 0 Å². The average Bonchev–Trinajstić information content (AvgIpc) is 3.03. The molecule has 0 aliphatic carbocycles. The summed E-state index contributed by atoms with van der Waals surface area (Å²) < 4.78 is 5.45. The van der Waals surface area contributed by atoms with Crippen LogP contribution in [0.2, 0.25) is 0 Å². The molecule has 0 saturated heterocycles. The van der Waals surface area contributed by atoms with Crippen molar-refractivity contribution in [1.29, 1.82) is 0 Å². The molecule has 0 fully saturated rings. The Kier molecular flexibility index (Phi) is 5.41. The number of ether oxygens (including phenoxy) is 1. The van der Waals surface area contributed by atoms with E-state index in [0.717, 1.165) is 4.88 Å². The lowest BCUT2D eigenvalue weighted by atomic mass is 10.1. The number of nitrogens with one attached hydrogen (secondary N) is 2. The quantitative estimate of drug-likeness (QED) is 0.765. The van der Waals surface area contributed by atoms with E-state index in [4.69, 9.17) is 4.74 Å². The molecule has 0 radical (unpaired) electrons. The summed E-state index contributed by atoms with van der Waals surface area (Å²) in [6.45, 7) is 4.20. The highest BCUT2D eigenvalue weighted by Gasteiger charge is 2.24. The lowest BCUT2D eigenvalue weighted by molar-refractivity contribution is 0.0637. The van der Waals surface area contributed by atoms with E-state index in [1.54, 1.807) is 19.1 Å². The molecule has 1 heterocycles. The van der Waals surface area contributed by atoms with Crippen molar-refractivity contribution in [3.63, 3.8) is 0 Å². The lowest BCUT2D eigenvalue weighted by Gasteiger charge is -2.22. The maximum Gasteiger partial charge on any atom is 0.319 e. The van der Waals surface area contributed by atoms with Crippen LogP contribution in [-0.4, -0.2) is 24.3 Å². The average molecular weight is 320 g/mol. The SMILES string of the molecule is CCOc1ccccc1NC(=O)NCC(C)(O)c1cccs1. The van der Waals surface area contributed by atoms with Gasteiger partial charge in [0.15, 0.2) is 0 Å². The summed E-state index contributed by atoms with van der Waals surface area (Å²) in [5, 5.41) is 17.7. The predicted octanol–water partition coefficient (Wildman–Crippen LogP) is 3.18. The fraction of sp³-hybridized carbons (Fsp3) is 0.312. The van der Waals surface area contributed by atoms with Crippen molar-refractivity contribution >= 4 is 23.1 Å². The molecular weight excluding hydrogens is 300 g/mol. The summed E-state index contributed by atoms with van der Waals surface area (Å²) in [5.74, 6) is 0.616. The van der Waals surface area contributed by atoms with Gasteiger partial charge in [0, 0.05) is 4.88 Å². The van der Waals surface area contributed by atoms with Gasteiger partial charge >= 0.3 is 6.03 Å². The Balaban J connectivity index is 1.94. The van der Waals surface area contributed by atoms with Gasteiger partial charge in [0.25, 0.3) is 0 Å². The highest BCUT2D eigenvalue weighted by Crippen LogP contribution is 2.25. The van der Waals surface area contributed by atoms with Gasteiger partial charge in [-0.1, -0.05) is 18.2 Å². The van der Waals surface area contributed by atoms with Crippen molar-refractivity contribution in [2.75, 3.05) is 18.5 Å². The predicted molar refractivity (Wildman–Crippen MR) is 88.5 cm³/mol. The van der Waals surface area contributed by atoms with Crippen LogP contribution in [0.15, 0.2) is 41.8 Å². The van der Waals surface area contributed by atoms with Crippen molar-refractivity contribution in [2.45, 2.75) is 19.4 Å². The lowest BCUT2D eigenvalue weighted by Crippen LogP contribution is -2.40. The first-order valence-electron chi connectivity index (χ1n) is 7.06. The Morgan fingerprint density at radius 2 is 2.09 bits per heavy atom. The van der Waals surface area contributed by atoms with Crippen molar-refractivity contribution in [2.24, 2.45) is 0 Å². The minimum absolute atomic E-state index is 0.121. The molecule has 1 atom stereocenters. The van der Waals surface area contributed by atoms with E-state index in [2.05, 4.69) is 10.6 Å². The number of benzene rings is 1. The van der Waals surface area contributed by atoms with Gasteiger partial charge in [0.1, 0.15) is 11.4 Å². The molecule has 3 N–H and O–H groups in total. The van der Waals surface area contributed by atoms with Gasteiger partial charge in [0.05, 0.1) is 18.8 Å². The first kappa shape index (κ1) is 16.3. The topological polar surface area (TPSA) is 70.6 Å². The molecule has 0 saturated carbocycles. The number of urea groups is 1. The summed E-state index contributed by atoms with van der Waals surface area (Å²) in [7, 11) is 0. The zero-order valence-corrected chi connectivity index (χ0v) is 13.4. The summed E-state index contributed by atoms with van der Waals surface area (Å²) in [6.07, 6.45) is 0. The minimum atomic E-state index is -1.09.